The molecule has 3 nitrogen and oxygen atoms in total. The molecule has 0 unspecified atom stereocenters. The van der Waals surface area contributed by atoms with Crippen molar-refractivity contribution in [2.45, 2.75) is 33.1 Å². The first-order valence-corrected chi connectivity index (χ1v) is 6.07. The van der Waals surface area contributed by atoms with Crippen molar-refractivity contribution in [3.8, 4) is 6.07 Å². The fourth-order valence-electron chi connectivity index (χ4n) is 2.42. The van der Waals surface area contributed by atoms with Gasteiger partial charge in [-0.3, -0.25) is 9.79 Å². The summed E-state index contributed by atoms with van der Waals surface area (Å²) in [6.07, 6.45) is 1.85. The number of benzene rings is 1. The van der Waals surface area contributed by atoms with Crippen LogP contribution in [-0.2, 0) is 4.79 Å². The summed E-state index contributed by atoms with van der Waals surface area (Å²) >= 11 is 0. The number of nitriles is 1. The molecule has 0 spiro atoms. The van der Waals surface area contributed by atoms with E-state index in [0.717, 1.165) is 12.1 Å². The van der Waals surface area contributed by atoms with E-state index in [2.05, 4.69) is 24.9 Å². The lowest BCUT2D eigenvalue weighted by Gasteiger charge is -2.29. The van der Waals surface area contributed by atoms with Gasteiger partial charge in [-0.1, -0.05) is 26.0 Å². The van der Waals surface area contributed by atoms with Crippen LogP contribution in [0.5, 0.6) is 0 Å². The number of rotatable bonds is 1. The van der Waals surface area contributed by atoms with Crippen LogP contribution in [0.15, 0.2) is 29.3 Å². The highest BCUT2D eigenvalue weighted by Crippen LogP contribution is 2.33. The second kappa shape index (κ2) is 4.73. The van der Waals surface area contributed by atoms with E-state index in [-0.39, 0.29) is 11.2 Å². The number of hydrogen-bond acceptors (Lipinski definition) is 3. The fraction of sp³-hybridized carbons (Fsp3) is 0.400. The molecule has 0 radical (unpaired) electrons. The van der Waals surface area contributed by atoms with Crippen LogP contribution in [0.3, 0.4) is 0 Å². The first-order valence-electron chi connectivity index (χ1n) is 6.07. The SMILES string of the molecule is CC1(C)CC(=O)CC(=Nc2ccccc2C#N)C1. The normalized spacial score (nSPS) is 20.7. The smallest absolute Gasteiger partial charge is 0.139 e. The van der Waals surface area contributed by atoms with Crippen LogP contribution in [0.1, 0.15) is 38.7 Å². The van der Waals surface area contributed by atoms with Crippen molar-refractivity contribution in [1.29, 1.82) is 5.26 Å². The van der Waals surface area contributed by atoms with Crippen LogP contribution < -0.4 is 0 Å². The molecule has 1 saturated carbocycles. The molecule has 1 aliphatic carbocycles. The molecule has 1 aromatic carbocycles. The Labute approximate surface area is 107 Å². The van der Waals surface area contributed by atoms with E-state index in [9.17, 15) is 4.79 Å². The van der Waals surface area contributed by atoms with Crippen molar-refractivity contribution in [2.24, 2.45) is 10.4 Å². The third kappa shape index (κ3) is 2.84. The van der Waals surface area contributed by atoms with Crippen molar-refractivity contribution in [3.63, 3.8) is 0 Å². The predicted molar refractivity (Wildman–Crippen MR) is 70.9 cm³/mol. The quantitative estimate of drug-likeness (QED) is 0.755. The first kappa shape index (κ1) is 12.5. The topological polar surface area (TPSA) is 53.2 Å². The third-order valence-corrected chi connectivity index (χ3v) is 3.06. The van der Waals surface area contributed by atoms with E-state index in [1.165, 1.54) is 0 Å². The summed E-state index contributed by atoms with van der Waals surface area (Å²) in [6.45, 7) is 4.16. The summed E-state index contributed by atoms with van der Waals surface area (Å²) in [6, 6.07) is 9.36. The van der Waals surface area contributed by atoms with Gasteiger partial charge in [-0.2, -0.15) is 5.26 Å². The molecule has 92 valence electrons. The van der Waals surface area contributed by atoms with Crippen LogP contribution in [0.25, 0.3) is 0 Å². The monoisotopic (exact) mass is 240 g/mol. The minimum absolute atomic E-state index is 0.0181. The highest BCUT2D eigenvalue weighted by molar-refractivity contribution is 6.05. The van der Waals surface area contributed by atoms with Crippen LogP contribution in [0, 0.1) is 16.7 Å². The Morgan fingerprint density at radius 2 is 2.00 bits per heavy atom. The van der Waals surface area contributed by atoms with Gasteiger partial charge < -0.3 is 0 Å². The summed E-state index contributed by atoms with van der Waals surface area (Å²) in [5.41, 5.74) is 2.09. The number of para-hydroxylation sites is 1. The van der Waals surface area contributed by atoms with Gasteiger partial charge in [0.15, 0.2) is 0 Å². The minimum atomic E-state index is -0.0181. The minimum Gasteiger partial charge on any atom is -0.299 e. The predicted octanol–water partition coefficient (Wildman–Crippen LogP) is 3.41. The zero-order valence-corrected chi connectivity index (χ0v) is 10.7. The molecule has 3 heteroatoms. The lowest BCUT2D eigenvalue weighted by molar-refractivity contribution is -0.120. The molecule has 0 heterocycles. The molecule has 0 N–H and O–H groups in total. The van der Waals surface area contributed by atoms with Crippen LogP contribution in [0.4, 0.5) is 5.69 Å². The number of nitrogens with zero attached hydrogens (tertiary/aromatic N) is 2. The third-order valence-electron chi connectivity index (χ3n) is 3.06. The zero-order chi connectivity index (χ0) is 13.2. The molecule has 2 rings (SSSR count). The van der Waals surface area contributed by atoms with Gasteiger partial charge >= 0.3 is 0 Å². The molecule has 18 heavy (non-hydrogen) atoms. The zero-order valence-electron chi connectivity index (χ0n) is 10.7. The molecule has 0 bridgehead atoms. The average molecular weight is 240 g/mol. The van der Waals surface area contributed by atoms with E-state index >= 15 is 0 Å². The average Bonchev–Trinajstić information content (AvgIpc) is 2.27. The lowest BCUT2D eigenvalue weighted by atomic mass is 9.76. The summed E-state index contributed by atoms with van der Waals surface area (Å²) in [5.74, 6) is 0.236. The summed E-state index contributed by atoms with van der Waals surface area (Å²) in [7, 11) is 0. The molecule has 0 amide bonds. The number of ketones is 1. The molecule has 0 aromatic heterocycles. The molecule has 1 fully saturated rings. The number of carbonyl (C=O) groups is 1. The maximum absolute atomic E-state index is 11.7. The largest absolute Gasteiger partial charge is 0.299 e. The molecule has 1 aliphatic rings. The molecule has 0 aliphatic heterocycles. The maximum Gasteiger partial charge on any atom is 0.139 e. The Hall–Kier alpha value is -1.95. The van der Waals surface area contributed by atoms with Crippen LogP contribution >= 0.6 is 0 Å². The lowest BCUT2D eigenvalue weighted by Crippen LogP contribution is -2.28. The highest BCUT2D eigenvalue weighted by Gasteiger charge is 2.30. The number of Topliss-reactive ketones (excluding diaryl/α,β-unsaturated/α-hetero) is 1. The number of carbonyl (C=O) groups excluding carboxylic acids is 1. The van der Waals surface area contributed by atoms with Gasteiger partial charge in [0.1, 0.15) is 11.9 Å². The molecular weight excluding hydrogens is 224 g/mol. The summed E-state index contributed by atoms with van der Waals surface area (Å²) in [5, 5.41) is 9.02. The first-order chi connectivity index (χ1) is 8.50. The highest BCUT2D eigenvalue weighted by atomic mass is 16.1. The number of aliphatic imine (C=N–C) groups is 1. The van der Waals surface area contributed by atoms with Crippen molar-refractivity contribution in [3.05, 3.63) is 29.8 Å². The van der Waals surface area contributed by atoms with E-state index in [0.29, 0.717) is 24.1 Å². The Balaban J connectivity index is 2.33. The molecule has 1 aromatic rings. The standard InChI is InChI=1S/C15H16N2O/c1-15(2)8-12(7-13(18)9-15)17-14-6-4-3-5-11(14)10-16/h3-6H,7-9H2,1-2H3. The Bertz CT molecular complexity index is 550. The van der Waals surface area contributed by atoms with Crippen LogP contribution in [0.2, 0.25) is 0 Å². The van der Waals surface area contributed by atoms with Gasteiger partial charge in [0, 0.05) is 18.6 Å². The maximum atomic E-state index is 11.7. The van der Waals surface area contributed by atoms with E-state index in [1.54, 1.807) is 6.07 Å². The van der Waals surface area contributed by atoms with Gasteiger partial charge in [-0.15, -0.1) is 0 Å². The Morgan fingerprint density at radius 3 is 2.67 bits per heavy atom. The van der Waals surface area contributed by atoms with E-state index in [4.69, 9.17) is 5.26 Å². The molecule has 0 atom stereocenters. The van der Waals surface area contributed by atoms with Gasteiger partial charge in [0.05, 0.1) is 11.3 Å². The fourth-order valence-corrected chi connectivity index (χ4v) is 2.42. The molecular formula is C15H16N2O. The van der Waals surface area contributed by atoms with Crippen molar-refractivity contribution in [2.75, 3.05) is 0 Å². The Kier molecular flexibility index (Phi) is 3.29. The van der Waals surface area contributed by atoms with Crippen molar-refractivity contribution < 1.29 is 4.79 Å². The van der Waals surface area contributed by atoms with Gasteiger partial charge in [-0.25, -0.2) is 0 Å². The van der Waals surface area contributed by atoms with Gasteiger partial charge in [-0.05, 0) is 24.0 Å². The summed E-state index contributed by atoms with van der Waals surface area (Å²) < 4.78 is 0. The second-order valence-electron chi connectivity index (χ2n) is 5.54. The van der Waals surface area contributed by atoms with Crippen LogP contribution in [-0.4, -0.2) is 11.5 Å². The van der Waals surface area contributed by atoms with Gasteiger partial charge in [0.25, 0.3) is 0 Å². The summed E-state index contributed by atoms with van der Waals surface area (Å²) in [4.78, 5) is 16.2. The molecule has 0 saturated heterocycles. The van der Waals surface area contributed by atoms with Crippen molar-refractivity contribution >= 4 is 17.2 Å². The van der Waals surface area contributed by atoms with E-state index < -0.39 is 0 Å². The van der Waals surface area contributed by atoms with E-state index in [1.807, 2.05) is 18.2 Å². The Morgan fingerprint density at radius 1 is 1.28 bits per heavy atom. The second-order valence-corrected chi connectivity index (χ2v) is 5.54. The van der Waals surface area contributed by atoms with Crippen molar-refractivity contribution in [1.82, 2.24) is 0 Å². The van der Waals surface area contributed by atoms with Gasteiger partial charge in [0.2, 0.25) is 0 Å². The number of hydrogen-bond donors (Lipinski definition) is 0.